The van der Waals surface area contributed by atoms with Crippen molar-refractivity contribution in [2.45, 2.75) is 58.5 Å². The molecule has 18 nitrogen and oxygen atoms in total. The molecule has 2 aromatic carbocycles. The fourth-order valence-electron chi connectivity index (χ4n) is 8.16. The lowest BCUT2D eigenvalue weighted by atomic mass is 9.99. The smallest absolute Gasteiger partial charge is 0.264 e. The maximum atomic E-state index is 13.6. The second kappa shape index (κ2) is 18.9. The standard InChI is InChI=1S/C43H47ClN10O8S/c1-24-25(2)63-43-36(24)38(27-7-9-28(44)10-8-27)46-31(39-49-48-26(3)53(39)43)23-34(56)50-52-17-15-51(16-18-52)35(57)13-19-61-21-22-62-20-14-45-30-6-4-5-29-37(30)42(60)54(41(29)59)32-11-12-33(55)47-40(32)58/h4-10,31-32,45H,11-23H2,1-3H3,(H,50,56)(H,47,55,58)/t31-,32?/m0/s1. The van der Waals surface area contributed by atoms with Crippen molar-refractivity contribution in [2.75, 3.05) is 64.5 Å². The first-order valence-electron chi connectivity index (χ1n) is 20.8. The summed E-state index contributed by atoms with van der Waals surface area (Å²) in [5.41, 5.74) is 7.61. The summed E-state index contributed by atoms with van der Waals surface area (Å²) in [5.74, 6) is -1.20. The van der Waals surface area contributed by atoms with Gasteiger partial charge in [-0.3, -0.25) is 54.0 Å². The zero-order valence-electron chi connectivity index (χ0n) is 35.1. The molecule has 6 amide bonds. The van der Waals surface area contributed by atoms with Gasteiger partial charge in [-0.15, -0.1) is 21.5 Å². The summed E-state index contributed by atoms with van der Waals surface area (Å²) >= 11 is 7.89. The van der Waals surface area contributed by atoms with Crippen LogP contribution >= 0.6 is 22.9 Å². The van der Waals surface area contributed by atoms with Gasteiger partial charge >= 0.3 is 0 Å². The Morgan fingerprint density at radius 3 is 2.40 bits per heavy atom. The summed E-state index contributed by atoms with van der Waals surface area (Å²) in [6, 6.07) is 10.8. The zero-order chi connectivity index (χ0) is 44.4. The Morgan fingerprint density at radius 1 is 0.905 bits per heavy atom. The molecule has 0 spiro atoms. The number of rotatable bonds is 15. The number of amides is 6. The molecule has 3 N–H and O–H groups in total. The molecule has 0 radical (unpaired) electrons. The van der Waals surface area contributed by atoms with Gasteiger partial charge in [0.15, 0.2) is 5.82 Å². The van der Waals surface area contributed by atoms with Gasteiger partial charge in [0.05, 0.1) is 56.1 Å². The average molecular weight is 899 g/mol. The lowest BCUT2D eigenvalue weighted by Gasteiger charge is -2.34. The maximum Gasteiger partial charge on any atom is 0.264 e. The molecule has 2 aromatic heterocycles. The quantitative estimate of drug-likeness (QED) is 0.116. The minimum Gasteiger partial charge on any atom is -0.382 e. The molecule has 4 aromatic rings. The predicted molar refractivity (Wildman–Crippen MR) is 232 cm³/mol. The van der Waals surface area contributed by atoms with Crippen molar-refractivity contribution < 1.29 is 38.2 Å². The highest BCUT2D eigenvalue weighted by atomic mass is 35.5. The number of fused-ring (bicyclic) bond motifs is 4. The molecular formula is C43H47ClN10O8S. The van der Waals surface area contributed by atoms with Gasteiger partial charge in [0, 0.05) is 65.9 Å². The number of carbonyl (C=O) groups is 6. The highest BCUT2D eigenvalue weighted by Gasteiger charge is 2.45. The predicted octanol–water partition coefficient (Wildman–Crippen LogP) is 3.30. The minimum atomic E-state index is -1.04. The number of hydrazine groups is 1. The number of hydrogen-bond acceptors (Lipinski definition) is 14. The van der Waals surface area contributed by atoms with E-state index in [4.69, 9.17) is 26.1 Å². The van der Waals surface area contributed by atoms with Crippen LogP contribution in [0.25, 0.3) is 5.00 Å². The van der Waals surface area contributed by atoms with Crippen LogP contribution in [0.2, 0.25) is 5.02 Å². The highest BCUT2D eigenvalue weighted by Crippen LogP contribution is 2.40. The molecule has 2 atom stereocenters. The number of ether oxygens (including phenoxy) is 2. The number of hydrogen-bond donors (Lipinski definition) is 3. The van der Waals surface area contributed by atoms with Gasteiger partial charge in [0.2, 0.25) is 23.6 Å². The summed E-state index contributed by atoms with van der Waals surface area (Å²) in [5, 5.41) is 17.6. The van der Waals surface area contributed by atoms with Crippen molar-refractivity contribution in [2.24, 2.45) is 4.99 Å². The molecule has 2 saturated heterocycles. The van der Waals surface area contributed by atoms with Crippen molar-refractivity contribution in [3.05, 3.63) is 91.8 Å². The third-order valence-corrected chi connectivity index (χ3v) is 13.0. The van der Waals surface area contributed by atoms with Crippen LogP contribution in [0, 0.1) is 20.8 Å². The molecular weight excluding hydrogens is 852 g/mol. The number of nitrogens with one attached hydrogen (secondary N) is 3. The Labute approximate surface area is 371 Å². The maximum absolute atomic E-state index is 13.6. The van der Waals surface area contributed by atoms with Gasteiger partial charge in [-0.25, -0.2) is 5.01 Å². The highest BCUT2D eigenvalue weighted by molar-refractivity contribution is 7.15. The van der Waals surface area contributed by atoms with E-state index in [1.807, 2.05) is 40.8 Å². The van der Waals surface area contributed by atoms with Crippen molar-refractivity contribution in [1.29, 1.82) is 0 Å². The first-order chi connectivity index (χ1) is 30.4. The lowest BCUT2D eigenvalue weighted by Crippen LogP contribution is -2.55. The van der Waals surface area contributed by atoms with E-state index in [-0.39, 0.29) is 75.1 Å². The van der Waals surface area contributed by atoms with Gasteiger partial charge in [0.1, 0.15) is 22.9 Å². The van der Waals surface area contributed by atoms with E-state index in [1.54, 1.807) is 28.4 Å². The third-order valence-electron chi connectivity index (χ3n) is 11.5. The van der Waals surface area contributed by atoms with E-state index in [2.05, 4.69) is 40.1 Å². The van der Waals surface area contributed by atoms with Crippen LogP contribution in [0.5, 0.6) is 0 Å². The van der Waals surface area contributed by atoms with Gasteiger partial charge < -0.3 is 19.7 Å². The Balaban J connectivity index is 0.747. The van der Waals surface area contributed by atoms with Crippen molar-refractivity contribution in [1.82, 2.24) is 40.3 Å². The number of benzene rings is 2. The van der Waals surface area contributed by atoms with Gasteiger partial charge in [-0.2, -0.15) is 0 Å². The summed E-state index contributed by atoms with van der Waals surface area (Å²) in [6.45, 7) is 9.27. The molecule has 20 heteroatoms. The van der Waals surface area contributed by atoms with Crippen LogP contribution in [0.1, 0.15) is 85.7 Å². The van der Waals surface area contributed by atoms with Crippen LogP contribution < -0.4 is 16.1 Å². The van der Waals surface area contributed by atoms with E-state index in [0.717, 1.165) is 37.2 Å². The lowest BCUT2D eigenvalue weighted by molar-refractivity contribution is -0.137. The van der Waals surface area contributed by atoms with Crippen LogP contribution in [-0.2, 0) is 28.7 Å². The Morgan fingerprint density at radius 2 is 1.65 bits per heavy atom. The molecule has 0 aliphatic carbocycles. The molecule has 0 saturated carbocycles. The Bertz CT molecular complexity index is 2500. The summed E-state index contributed by atoms with van der Waals surface area (Å²) in [6.07, 6.45) is 0.377. The zero-order valence-corrected chi connectivity index (χ0v) is 36.6. The second-order valence-corrected chi connectivity index (χ2v) is 17.2. The number of carbonyl (C=O) groups excluding carboxylic acids is 6. The molecule has 4 aliphatic heterocycles. The molecule has 4 aliphatic rings. The molecule has 63 heavy (non-hydrogen) atoms. The van der Waals surface area contributed by atoms with Crippen LogP contribution in [0.3, 0.4) is 0 Å². The van der Waals surface area contributed by atoms with Gasteiger partial charge in [-0.05, 0) is 57.0 Å². The van der Waals surface area contributed by atoms with E-state index < -0.39 is 35.7 Å². The fraction of sp³-hybridized carbons (Fsp3) is 0.419. The largest absolute Gasteiger partial charge is 0.382 e. The SMILES string of the molecule is Cc1sc2c(c1C)C(c1ccc(Cl)cc1)=N[C@@H](CC(=O)NN1CCN(C(=O)CCOCCOCCNc3cccc4c3C(=O)N(C3CCC(=O)NC3=O)C4=O)CC1)c1nnc(C)n1-2. The average Bonchev–Trinajstić information content (AvgIpc) is 3.84. The fourth-order valence-corrected chi connectivity index (χ4v) is 9.50. The number of imide groups is 2. The van der Waals surface area contributed by atoms with E-state index in [1.165, 1.54) is 6.07 Å². The number of nitrogens with zero attached hydrogens (tertiary/aromatic N) is 7. The van der Waals surface area contributed by atoms with Crippen molar-refractivity contribution in [3.8, 4) is 5.00 Å². The van der Waals surface area contributed by atoms with Crippen LogP contribution in [0.4, 0.5) is 5.69 Å². The molecule has 6 heterocycles. The van der Waals surface area contributed by atoms with E-state index in [9.17, 15) is 28.8 Å². The topological polar surface area (TPSA) is 210 Å². The second-order valence-electron chi connectivity index (χ2n) is 15.6. The normalized spacial score (nSPS) is 18.7. The third kappa shape index (κ3) is 9.15. The Hall–Kier alpha value is -5.86. The number of piperazine rings is 1. The molecule has 0 bridgehead atoms. The first kappa shape index (κ1) is 43.8. The summed E-state index contributed by atoms with van der Waals surface area (Å²) in [4.78, 5) is 85.9. The first-order valence-corrected chi connectivity index (χ1v) is 22.0. The summed E-state index contributed by atoms with van der Waals surface area (Å²) < 4.78 is 13.3. The number of halogens is 1. The molecule has 2 fully saturated rings. The van der Waals surface area contributed by atoms with Crippen molar-refractivity contribution in [3.63, 3.8) is 0 Å². The summed E-state index contributed by atoms with van der Waals surface area (Å²) in [7, 11) is 0. The van der Waals surface area contributed by atoms with E-state index in [0.29, 0.717) is 55.1 Å². The number of aromatic nitrogens is 3. The number of aryl methyl sites for hydroxylation is 2. The van der Waals surface area contributed by atoms with Gasteiger partial charge in [0.25, 0.3) is 11.8 Å². The van der Waals surface area contributed by atoms with Gasteiger partial charge in [-0.1, -0.05) is 29.8 Å². The minimum absolute atomic E-state index is 0.0408. The molecule has 8 rings (SSSR count). The van der Waals surface area contributed by atoms with E-state index >= 15 is 0 Å². The number of anilines is 1. The van der Waals surface area contributed by atoms with Crippen molar-refractivity contribution >= 4 is 69.8 Å². The monoisotopic (exact) mass is 898 g/mol. The molecule has 1 unspecified atom stereocenters. The van der Waals surface area contributed by atoms with Crippen LogP contribution in [0.15, 0.2) is 47.5 Å². The number of thiophene rings is 1. The number of piperidine rings is 1. The molecule has 330 valence electrons. The van der Waals surface area contributed by atoms with Crippen LogP contribution in [-0.4, -0.2) is 136 Å². The number of aliphatic imine (C=N–C) groups is 1. The Kier molecular flexibility index (Phi) is 13.1.